The lowest BCUT2D eigenvalue weighted by molar-refractivity contribution is 0.429. The van der Waals surface area contributed by atoms with Crippen molar-refractivity contribution in [2.24, 2.45) is 0 Å². The molecule has 24 heavy (non-hydrogen) atoms. The molecular weight excluding hydrogens is 330 g/mol. The molecule has 0 fully saturated rings. The van der Waals surface area contributed by atoms with Crippen molar-refractivity contribution in [2.45, 2.75) is 13.8 Å². The van der Waals surface area contributed by atoms with Crippen LogP contribution < -0.4 is 5.63 Å². The second kappa shape index (κ2) is 5.99. The maximum Gasteiger partial charge on any atom is 0.349 e. The number of benzene rings is 1. The first-order valence-electron chi connectivity index (χ1n) is 6.91. The lowest BCUT2D eigenvalue weighted by Gasteiger charge is -1.99. The third-order valence-electron chi connectivity index (χ3n) is 3.39. The minimum absolute atomic E-state index is 0. The summed E-state index contributed by atoms with van der Waals surface area (Å²) in [5.41, 5.74) is 1.35. The fourth-order valence-corrected chi connectivity index (χ4v) is 2.99. The van der Waals surface area contributed by atoms with Gasteiger partial charge < -0.3 is 14.4 Å². The summed E-state index contributed by atoms with van der Waals surface area (Å²) in [6, 6.07) is 7.31. The SMILES string of the molecule is Cc1ccc2oc(=O)c(-c3nc(-c4cnc(C)s4)no3)cc2c1.O. The summed E-state index contributed by atoms with van der Waals surface area (Å²) in [5, 5.41) is 5.64. The molecule has 4 aromatic rings. The number of nitrogens with zero attached hydrogens (tertiary/aromatic N) is 3. The highest BCUT2D eigenvalue weighted by molar-refractivity contribution is 7.14. The standard InChI is InChI=1S/C16H11N3O3S.H2O/c1-8-3-4-12-10(5-8)6-11(16(20)21-12)15-18-14(19-22-15)13-7-17-9(2)23-13;/h3-7H,1-2H3;1H2. The first-order valence-corrected chi connectivity index (χ1v) is 7.73. The van der Waals surface area contributed by atoms with Crippen LogP contribution in [0.15, 0.2) is 44.2 Å². The van der Waals surface area contributed by atoms with Gasteiger partial charge in [-0.1, -0.05) is 16.8 Å². The van der Waals surface area contributed by atoms with Crippen molar-refractivity contribution >= 4 is 22.3 Å². The second-order valence-corrected chi connectivity index (χ2v) is 6.39. The van der Waals surface area contributed by atoms with E-state index in [4.69, 9.17) is 8.94 Å². The number of aromatic nitrogens is 3. The Morgan fingerprint density at radius 3 is 2.75 bits per heavy atom. The molecule has 0 aliphatic heterocycles. The van der Waals surface area contributed by atoms with E-state index in [-0.39, 0.29) is 16.9 Å². The van der Waals surface area contributed by atoms with E-state index in [1.165, 1.54) is 11.3 Å². The molecule has 3 heterocycles. The monoisotopic (exact) mass is 343 g/mol. The summed E-state index contributed by atoms with van der Waals surface area (Å²) in [4.78, 5) is 21.4. The molecule has 0 bridgehead atoms. The molecule has 0 atom stereocenters. The Balaban J connectivity index is 0.00000169. The molecule has 0 saturated carbocycles. The van der Waals surface area contributed by atoms with Crippen molar-refractivity contribution in [2.75, 3.05) is 0 Å². The smallest absolute Gasteiger partial charge is 0.349 e. The maximum absolute atomic E-state index is 12.2. The van der Waals surface area contributed by atoms with Gasteiger partial charge in [-0.2, -0.15) is 4.98 Å². The summed E-state index contributed by atoms with van der Waals surface area (Å²) in [5.74, 6) is 0.553. The van der Waals surface area contributed by atoms with Crippen LogP contribution in [0.1, 0.15) is 10.6 Å². The molecule has 122 valence electrons. The van der Waals surface area contributed by atoms with Crippen LogP contribution in [-0.4, -0.2) is 20.6 Å². The van der Waals surface area contributed by atoms with Gasteiger partial charge in [0.1, 0.15) is 11.1 Å². The molecule has 0 spiro atoms. The molecule has 4 rings (SSSR count). The van der Waals surface area contributed by atoms with Gasteiger partial charge in [0.2, 0.25) is 5.82 Å². The summed E-state index contributed by atoms with van der Waals surface area (Å²) in [6.45, 7) is 3.87. The summed E-state index contributed by atoms with van der Waals surface area (Å²) < 4.78 is 10.6. The average molecular weight is 343 g/mol. The molecule has 3 aromatic heterocycles. The Morgan fingerprint density at radius 1 is 1.17 bits per heavy atom. The minimum Gasteiger partial charge on any atom is -0.422 e. The molecule has 0 aliphatic rings. The zero-order chi connectivity index (χ0) is 16.0. The Morgan fingerprint density at radius 2 is 2.00 bits per heavy atom. The van der Waals surface area contributed by atoms with E-state index in [0.717, 1.165) is 20.8 Å². The van der Waals surface area contributed by atoms with Gasteiger partial charge in [0, 0.05) is 11.6 Å². The summed E-state index contributed by atoms with van der Waals surface area (Å²) in [7, 11) is 0. The van der Waals surface area contributed by atoms with Crippen molar-refractivity contribution in [1.82, 2.24) is 15.1 Å². The van der Waals surface area contributed by atoms with E-state index < -0.39 is 5.63 Å². The zero-order valence-electron chi connectivity index (χ0n) is 12.9. The Hall–Kier alpha value is -2.84. The van der Waals surface area contributed by atoms with Crippen LogP contribution >= 0.6 is 11.3 Å². The van der Waals surface area contributed by atoms with E-state index in [1.807, 2.05) is 26.0 Å². The molecule has 0 saturated heterocycles. The first-order chi connectivity index (χ1) is 11.1. The van der Waals surface area contributed by atoms with Crippen molar-refractivity contribution in [1.29, 1.82) is 0 Å². The highest BCUT2D eigenvalue weighted by Gasteiger charge is 2.17. The van der Waals surface area contributed by atoms with Crippen molar-refractivity contribution < 1.29 is 14.4 Å². The number of hydrogen-bond acceptors (Lipinski definition) is 7. The van der Waals surface area contributed by atoms with Crippen molar-refractivity contribution in [3.05, 3.63) is 51.5 Å². The number of thiazole rings is 1. The van der Waals surface area contributed by atoms with Gasteiger partial charge in [-0.05, 0) is 32.0 Å². The van der Waals surface area contributed by atoms with Crippen LogP contribution in [-0.2, 0) is 0 Å². The van der Waals surface area contributed by atoms with Crippen LogP contribution in [0.2, 0.25) is 0 Å². The summed E-state index contributed by atoms with van der Waals surface area (Å²) in [6.07, 6.45) is 1.68. The number of fused-ring (bicyclic) bond motifs is 1. The van der Waals surface area contributed by atoms with Gasteiger partial charge in [0.25, 0.3) is 5.89 Å². The maximum atomic E-state index is 12.2. The molecule has 0 aliphatic carbocycles. The third-order valence-corrected chi connectivity index (χ3v) is 4.29. The van der Waals surface area contributed by atoms with Gasteiger partial charge in [0.15, 0.2) is 0 Å². The second-order valence-electron chi connectivity index (χ2n) is 5.16. The van der Waals surface area contributed by atoms with Crippen LogP contribution in [0.3, 0.4) is 0 Å². The quantitative estimate of drug-likeness (QED) is 0.517. The lowest BCUT2D eigenvalue weighted by atomic mass is 10.1. The highest BCUT2D eigenvalue weighted by Crippen LogP contribution is 2.26. The Kier molecular flexibility index (Phi) is 4.00. The van der Waals surface area contributed by atoms with Crippen LogP contribution in [0, 0.1) is 13.8 Å². The number of aryl methyl sites for hydroxylation is 2. The Bertz CT molecular complexity index is 1080. The number of rotatable bonds is 2. The van der Waals surface area contributed by atoms with Gasteiger partial charge >= 0.3 is 5.63 Å². The molecule has 0 unspecified atom stereocenters. The van der Waals surface area contributed by atoms with Crippen LogP contribution in [0.25, 0.3) is 33.1 Å². The van der Waals surface area contributed by atoms with Crippen LogP contribution in [0.5, 0.6) is 0 Å². The largest absolute Gasteiger partial charge is 0.422 e. The molecule has 8 heteroatoms. The van der Waals surface area contributed by atoms with Gasteiger partial charge in [-0.3, -0.25) is 0 Å². The molecule has 2 N–H and O–H groups in total. The molecule has 0 amide bonds. The van der Waals surface area contributed by atoms with Gasteiger partial charge in [-0.25, -0.2) is 9.78 Å². The van der Waals surface area contributed by atoms with E-state index in [2.05, 4.69) is 15.1 Å². The summed E-state index contributed by atoms with van der Waals surface area (Å²) >= 11 is 1.46. The highest BCUT2D eigenvalue weighted by atomic mass is 32.1. The van der Waals surface area contributed by atoms with Crippen molar-refractivity contribution in [3.8, 4) is 22.2 Å². The van der Waals surface area contributed by atoms with E-state index in [9.17, 15) is 4.79 Å². The molecule has 0 radical (unpaired) electrons. The molecule has 7 nitrogen and oxygen atoms in total. The lowest BCUT2D eigenvalue weighted by Crippen LogP contribution is -2.02. The fourth-order valence-electron chi connectivity index (χ4n) is 2.29. The molecule has 1 aromatic carbocycles. The number of hydrogen-bond donors (Lipinski definition) is 0. The normalized spacial score (nSPS) is 10.8. The Labute approximate surface area is 139 Å². The predicted molar refractivity (Wildman–Crippen MR) is 90.0 cm³/mol. The average Bonchev–Trinajstić information content (AvgIpc) is 3.16. The minimum atomic E-state index is -0.503. The third kappa shape index (κ3) is 2.72. The predicted octanol–water partition coefficient (Wildman–Crippen LogP) is 2.76. The molecular formula is C16H13N3O4S. The van der Waals surface area contributed by atoms with Crippen LogP contribution in [0.4, 0.5) is 0 Å². The van der Waals surface area contributed by atoms with E-state index in [1.54, 1.807) is 18.3 Å². The first kappa shape index (κ1) is 16.0. The topological polar surface area (TPSA) is 114 Å². The van der Waals surface area contributed by atoms with E-state index in [0.29, 0.717) is 11.4 Å². The van der Waals surface area contributed by atoms with Gasteiger partial charge in [0.05, 0.1) is 9.88 Å². The van der Waals surface area contributed by atoms with Gasteiger partial charge in [-0.15, -0.1) is 11.3 Å². The van der Waals surface area contributed by atoms with Crippen molar-refractivity contribution in [3.63, 3.8) is 0 Å². The zero-order valence-corrected chi connectivity index (χ0v) is 13.7. The fraction of sp³-hybridized carbons (Fsp3) is 0.125. The van der Waals surface area contributed by atoms with E-state index >= 15 is 0 Å².